The number of aromatic nitrogens is 2. The van der Waals surface area contributed by atoms with Gasteiger partial charge in [-0.05, 0) is 66.2 Å². The number of nitrogens with zero attached hydrogens (tertiary/aromatic N) is 3. The molecule has 6 nitrogen and oxygen atoms in total. The molecule has 192 valence electrons. The van der Waals surface area contributed by atoms with Crippen molar-refractivity contribution in [1.29, 1.82) is 0 Å². The van der Waals surface area contributed by atoms with E-state index in [1.165, 1.54) is 4.68 Å². The van der Waals surface area contributed by atoms with Crippen LogP contribution in [0.25, 0.3) is 33.5 Å². The highest BCUT2D eigenvalue weighted by Crippen LogP contribution is 2.29. The number of para-hydroxylation sites is 1. The Bertz CT molecular complexity index is 1950. The topological polar surface area (TPSA) is 69.6 Å². The molecular weight excluding hydrogens is 601 g/mol. The Morgan fingerprint density at radius 2 is 1.85 bits per heavy atom. The van der Waals surface area contributed by atoms with E-state index in [-0.39, 0.29) is 12.2 Å². The normalized spacial score (nSPS) is 11.6. The maximum absolute atomic E-state index is 13.5. The Kier molecular flexibility index (Phi) is 6.95. The number of rotatable bonds is 6. The number of ether oxygens (including phenoxy) is 1. The van der Waals surface area contributed by atoms with Crippen molar-refractivity contribution in [2.24, 2.45) is 5.10 Å². The van der Waals surface area contributed by atoms with E-state index >= 15 is 0 Å². The molecule has 0 atom stereocenters. The number of benzene rings is 4. The average Bonchev–Trinajstić information content (AvgIpc) is 3.35. The zero-order chi connectivity index (χ0) is 26.9. The monoisotopic (exact) mass is 617 g/mol. The van der Waals surface area contributed by atoms with Crippen molar-refractivity contribution in [1.82, 2.24) is 9.66 Å². The first-order valence-corrected chi connectivity index (χ1v) is 13.4. The number of halogens is 3. The summed E-state index contributed by atoms with van der Waals surface area (Å²) >= 11 is 15.7. The third kappa shape index (κ3) is 5.34. The van der Waals surface area contributed by atoms with Crippen LogP contribution in [0.1, 0.15) is 11.1 Å². The molecule has 0 spiro atoms. The molecule has 6 rings (SSSR count). The van der Waals surface area contributed by atoms with Gasteiger partial charge in [-0.1, -0.05) is 69.5 Å². The van der Waals surface area contributed by atoms with Crippen LogP contribution in [-0.4, -0.2) is 15.9 Å². The first kappa shape index (κ1) is 25.4. The highest BCUT2D eigenvalue weighted by atomic mass is 79.9. The van der Waals surface area contributed by atoms with E-state index in [0.717, 1.165) is 21.0 Å². The average molecular weight is 619 g/mol. The molecule has 0 unspecified atom stereocenters. The van der Waals surface area contributed by atoms with Gasteiger partial charge in [0.25, 0.3) is 5.56 Å². The van der Waals surface area contributed by atoms with Crippen molar-refractivity contribution >= 4 is 67.2 Å². The minimum Gasteiger partial charge on any atom is -0.489 e. The van der Waals surface area contributed by atoms with E-state index in [1.54, 1.807) is 36.5 Å². The molecule has 0 aliphatic carbocycles. The van der Waals surface area contributed by atoms with Crippen LogP contribution in [-0.2, 0) is 6.61 Å². The predicted octanol–water partition coefficient (Wildman–Crippen LogP) is 8.34. The van der Waals surface area contributed by atoms with Crippen molar-refractivity contribution in [2.45, 2.75) is 6.61 Å². The first-order chi connectivity index (χ1) is 18.9. The molecule has 2 heterocycles. The second-order valence-electron chi connectivity index (χ2n) is 8.70. The van der Waals surface area contributed by atoms with E-state index < -0.39 is 0 Å². The third-order valence-electron chi connectivity index (χ3n) is 6.04. The van der Waals surface area contributed by atoms with Crippen LogP contribution < -0.4 is 10.3 Å². The van der Waals surface area contributed by atoms with Crippen LogP contribution in [0.2, 0.25) is 10.0 Å². The number of furan rings is 1. The number of fused-ring (bicyclic) bond motifs is 2. The van der Waals surface area contributed by atoms with E-state index in [0.29, 0.717) is 43.9 Å². The molecule has 0 N–H and O–H groups in total. The fraction of sp³-hybridized carbons (Fsp3) is 0.0333. The maximum atomic E-state index is 13.5. The molecule has 9 heteroatoms. The summed E-state index contributed by atoms with van der Waals surface area (Å²) in [7, 11) is 0. The molecule has 0 amide bonds. The molecule has 39 heavy (non-hydrogen) atoms. The number of hydrogen-bond acceptors (Lipinski definition) is 5. The zero-order valence-corrected chi connectivity index (χ0v) is 23.2. The SMILES string of the molecule is O=c1c2ccccc2nc(-c2cc3cc(Br)ccc3o2)n1N=Cc1cccc(OCc2ccc(Cl)cc2Cl)c1. The third-order valence-corrected chi connectivity index (χ3v) is 7.12. The summed E-state index contributed by atoms with van der Waals surface area (Å²) in [5.74, 6) is 1.35. The minimum absolute atomic E-state index is 0.275. The molecule has 0 saturated heterocycles. The molecule has 0 aliphatic heterocycles. The Morgan fingerprint density at radius 1 is 0.974 bits per heavy atom. The largest absolute Gasteiger partial charge is 0.489 e. The van der Waals surface area contributed by atoms with Crippen LogP contribution in [0.15, 0.2) is 110 Å². The summed E-state index contributed by atoms with van der Waals surface area (Å²) in [6.07, 6.45) is 1.59. The zero-order valence-electron chi connectivity index (χ0n) is 20.1. The highest BCUT2D eigenvalue weighted by Gasteiger charge is 2.16. The van der Waals surface area contributed by atoms with Gasteiger partial charge in [0.2, 0.25) is 5.82 Å². The van der Waals surface area contributed by atoms with E-state index in [9.17, 15) is 4.79 Å². The molecule has 0 bridgehead atoms. The minimum atomic E-state index is -0.307. The second kappa shape index (κ2) is 10.7. The molecule has 4 aromatic carbocycles. The van der Waals surface area contributed by atoms with Gasteiger partial charge >= 0.3 is 0 Å². The summed E-state index contributed by atoms with van der Waals surface area (Å²) in [6.45, 7) is 0.275. The lowest BCUT2D eigenvalue weighted by molar-refractivity contribution is 0.306. The summed E-state index contributed by atoms with van der Waals surface area (Å²) in [5, 5.41) is 6.96. The van der Waals surface area contributed by atoms with Gasteiger partial charge < -0.3 is 9.15 Å². The molecule has 0 saturated carbocycles. The van der Waals surface area contributed by atoms with Gasteiger partial charge in [-0.3, -0.25) is 4.79 Å². The van der Waals surface area contributed by atoms with Crippen LogP contribution in [0.3, 0.4) is 0 Å². The van der Waals surface area contributed by atoms with Crippen molar-refractivity contribution in [3.8, 4) is 17.3 Å². The Morgan fingerprint density at radius 3 is 2.72 bits per heavy atom. The van der Waals surface area contributed by atoms with Gasteiger partial charge in [0.05, 0.1) is 17.1 Å². The lowest BCUT2D eigenvalue weighted by Gasteiger charge is -2.09. The smallest absolute Gasteiger partial charge is 0.282 e. The van der Waals surface area contributed by atoms with Gasteiger partial charge in [0, 0.05) is 25.5 Å². The van der Waals surface area contributed by atoms with Crippen LogP contribution in [0.5, 0.6) is 5.75 Å². The molecule has 2 aromatic heterocycles. The van der Waals surface area contributed by atoms with Gasteiger partial charge in [-0.15, -0.1) is 0 Å². The summed E-state index contributed by atoms with van der Waals surface area (Å²) in [4.78, 5) is 18.2. The fourth-order valence-corrected chi connectivity index (χ4v) is 4.97. The highest BCUT2D eigenvalue weighted by molar-refractivity contribution is 9.10. The second-order valence-corrected chi connectivity index (χ2v) is 10.5. The Hall–Kier alpha value is -3.91. The lowest BCUT2D eigenvalue weighted by atomic mass is 10.2. The maximum Gasteiger partial charge on any atom is 0.282 e. The molecule has 0 radical (unpaired) electrons. The van der Waals surface area contributed by atoms with Crippen molar-refractivity contribution in [3.05, 3.63) is 127 Å². The molecule has 0 fully saturated rings. The van der Waals surface area contributed by atoms with Crippen molar-refractivity contribution in [3.63, 3.8) is 0 Å². The van der Waals surface area contributed by atoms with Gasteiger partial charge in [0.1, 0.15) is 17.9 Å². The van der Waals surface area contributed by atoms with Crippen molar-refractivity contribution in [2.75, 3.05) is 0 Å². The van der Waals surface area contributed by atoms with Crippen LogP contribution in [0.4, 0.5) is 0 Å². The van der Waals surface area contributed by atoms with E-state index in [2.05, 4.69) is 21.0 Å². The van der Waals surface area contributed by atoms with Crippen LogP contribution in [0, 0.1) is 0 Å². The summed E-state index contributed by atoms with van der Waals surface area (Å²) in [5.41, 5.74) is 2.47. The quantitative estimate of drug-likeness (QED) is 0.176. The fourth-order valence-electron chi connectivity index (χ4n) is 4.12. The standard InChI is InChI=1S/C30H18BrCl2N3O3/c31-21-9-11-27-20(13-21)14-28(39-27)29-35-26-7-2-1-6-24(26)30(37)36(29)34-16-18-4-3-5-23(12-18)38-17-19-8-10-22(32)15-25(19)33/h1-16H,17H2. The lowest BCUT2D eigenvalue weighted by Crippen LogP contribution is -2.20. The molecule has 0 aliphatic rings. The molecule has 6 aromatic rings. The Labute approximate surface area is 241 Å². The van der Waals surface area contributed by atoms with Crippen molar-refractivity contribution < 1.29 is 9.15 Å². The summed E-state index contributed by atoms with van der Waals surface area (Å²) in [6, 6.07) is 27.3. The van der Waals surface area contributed by atoms with Gasteiger partial charge in [-0.25, -0.2) is 4.98 Å². The first-order valence-electron chi connectivity index (χ1n) is 11.9. The predicted molar refractivity (Wildman–Crippen MR) is 159 cm³/mol. The van der Waals surface area contributed by atoms with Crippen LogP contribution >= 0.6 is 39.1 Å². The molecular formula is C30H18BrCl2N3O3. The van der Waals surface area contributed by atoms with E-state index in [4.69, 9.17) is 37.3 Å². The Balaban J connectivity index is 1.36. The number of hydrogen-bond donors (Lipinski definition) is 0. The van der Waals surface area contributed by atoms with Gasteiger partial charge in [0.15, 0.2) is 5.76 Å². The summed E-state index contributed by atoms with van der Waals surface area (Å²) < 4.78 is 14.2. The van der Waals surface area contributed by atoms with Gasteiger partial charge in [-0.2, -0.15) is 9.78 Å². The van der Waals surface area contributed by atoms with E-state index in [1.807, 2.05) is 60.7 Å².